The van der Waals surface area contributed by atoms with Crippen LogP contribution in [0.3, 0.4) is 0 Å². The third-order valence-electron chi connectivity index (χ3n) is 0. The van der Waals surface area contributed by atoms with Crippen LogP contribution >= 0.6 is 0 Å². The highest BCUT2D eigenvalue weighted by Gasteiger charge is 1.53. The Bertz CT molecular complexity index is 185. The van der Waals surface area contributed by atoms with Crippen molar-refractivity contribution in [1.82, 2.24) is 0 Å². The summed E-state index contributed by atoms with van der Waals surface area (Å²) in [5, 5.41) is 0. The van der Waals surface area contributed by atoms with Crippen LogP contribution in [0.15, 0.2) is 60.8 Å². The van der Waals surface area contributed by atoms with E-state index in [-0.39, 0.29) is 0 Å². The molecule has 0 fully saturated rings. The van der Waals surface area contributed by atoms with Gasteiger partial charge in [0.15, 0.2) is 0 Å². The van der Waals surface area contributed by atoms with Crippen molar-refractivity contribution >= 4 is 0 Å². The molecule has 0 amide bonds. The molecule has 0 saturated carbocycles. The summed E-state index contributed by atoms with van der Waals surface area (Å²) in [6.07, 6.45) is 0. The molecule has 0 atom stereocenters. The first-order chi connectivity index (χ1) is 8.66. The van der Waals surface area contributed by atoms with Crippen molar-refractivity contribution in [2.45, 2.75) is 69.2 Å². The summed E-state index contributed by atoms with van der Waals surface area (Å²) in [6.45, 7) is 37.5. The zero-order valence-corrected chi connectivity index (χ0v) is 16.0. The lowest BCUT2D eigenvalue weighted by molar-refractivity contribution is 1.42. The van der Waals surface area contributed by atoms with E-state index in [2.05, 4.69) is 32.9 Å². The normalized spacial score (nSPS) is 6.50. The third kappa shape index (κ3) is 2440. The highest BCUT2D eigenvalue weighted by Crippen LogP contribution is 1.75. The monoisotopic (exact) mass is 280 g/mol. The minimum Gasteiger partial charge on any atom is -0.100 e. The van der Waals surface area contributed by atoms with Crippen LogP contribution in [0, 0.1) is 0 Å². The Morgan fingerprint density at radius 1 is 0.300 bits per heavy atom. The Labute approximate surface area is 130 Å². The van der Waals surface area contributed by atoms with Crippen molar-refractivity contribution in [3.05, 3.63) is 60.8 Å². The molecule has 0 aromatic rings. The van der Waals surface area contributed by atoms with Gasteiger partial charge in [-0.2, -0.15) is 0 Å². The van der Waals surface area contributed by atoms with E-state index in [1.165, 1.54) is 27.9 Å². The van der Waals surface area contributed by atoms with Crippen molar-refractivity contribution in [3.8, 4) is 0 Å². The second kappa shape index (κ2) is 26.3. The molecule has 0 aliphatic heterocycles. The number of hydrogen-bond donors (Lipinski definition) is 0. The maximum atomic E-state index is 3.56. The molecular formula is C20H40. The Kier molecular flexibility index (Phi) is 41.0. The van der Waals surface area contributed by atoms with Gasteiger partial charge >= 0.3 is 0 Å². The molecule has 20 heavy (non-hydrogen) atoms. The van der Waals surface area contributed by atoms with E-state index in [1.807, 2.05) is 69.2 Å². The summed E-state index contributed by atoms with van der Waals surface area (Å²) < 4.78 is 0. The molecule has 0 aromatic heterocycles. The van der Waals surface area contributed by atoms with E-state index in [0.717, 1.165) is 0 Å². The van der Waals surface area contributed by atoms with Crippen molar-refractivity contribution < 1.29 is 0 Å². The van der Waals surface area contributed by atoms with E-state index >= 15 is 0 Å². The lowest BCUT2D eigenvalue weighted by atomic mass is 10.4. The third-order valence-corrected chi connectivity index (χ3v) is 0. The first-order valence-electron chi connectivity index (χ1n) is 6.77. The molecule has 0 radical (unpaired) electrons. The summed E-state index contributed by atoms with van der Waals surface area (Å²) >= 11 is 0. The molecule has 0 rings (SSSR count). The Morgan fingerprint density at radius 3 is 0.300 bits per heavy atom. The van der Waals surface area contributed by atoms with Gasteiger partial charge in [0.2, 0.25) is 0 Å². The van der Waals surface area contributed by atoms with Crippen LogP contribution < -0.4 is 0 Å². The molecule has 0 nitrogen and oxygen atoms in total. The first kappa shape index (κ1) is 31.2. The van der Waals surface area contributed by atoms with E-state index in [4.69, 9.17) is 0 Å². The van der Waals surface area contributed by atoms with Crippen molar-refractivity contribution in [3.63, 3.8) is 0 Å². The predicted molar refractivity (Wildman–Crippen MR) is 102 cm³/mol. The first-order valence-corrected chi connectivity index (χ1v) is 6.77. The number of rotatable bonds is 0. The molecule has 0 bridgehead atoms. The molecule has 0 aromatic carbocycles. The van der Waals surface area contributed by atoms with Crippen LogP contribution in [0.2, 0.25) is 0 Å². The summed E-state index contributed by atoms with van der Waals surface area (Å²) in [5.74, 6) is 0. The average molecular weight is 281 g/mol. The molecule has 0 saturated heterocycles. The molecule has 0 aliphatic carbocycles. The van der Waals surface area contributed by atoms with Crippen LogP contribution in [-0.4, -0.2) is 0 Å². The van der Waals surface area contributed by atoms with Gasteiger partial charge in [-0.15, -0.1) is 32.9 Å². The van der Waals surface area contributed by atoms with E-state index < -0.39 is 0 Å². The minimum absolute atomic E-state index is 1.17. The fraction of sp³-hybridized carbons (Fsp3) is 0.500. The lowest BCUT2D eigenvalue weighted by Crippen LogP contribution is -1.43. The molecule has 0 aliphatic rings. The van der Waals surface area contributed by atoms with Gasteiger partial charge in [-0.1, -0.05) is 27.9 Å². The molecule has 0 unspecified atom stereocenters. The van der Waals surface area contributed by atoms with Gasteiger partial charge in [0.25, 0.3) is 0 Å². The van der Waals surface area contributed by atoms with Crippen LogP contribution in [0.4, 0.5) is 0 Å². The summed E-state index contributed by atoms with van der Waals surface area (Å²) in [4.78, 5) is 0. The number of allylic oxidation sites excluding steroid dienone is 5. The summed E-state index contributed by atoms with van der Waals surface area (Å²) in [5.41, 5.74) is 5.83. The van der Waals surface area contributed by atoms with Gasteiger partial charge in [0.05, 0.1) is 0 Å². The molecule has 120 valence electrons. The van der Waals surface area contributed by atoms with Crippen LogP contribution in [0.5, 0.6) is 0 Å². The maximum Gasteiger partial charge on any atom is -0.0445 e. The Morgan fingerprint density at radius 2 is 0.300 bits per heavy atom. The summed E-state index contributed by atoms with van der Waals surface area (Å²) in [6, 6.07) is 0. The predicted octanol–water partition coefficient (Wildman–Crippen LogP) is 7.91. The molecule has 0 spiro atoms. The fourth-order valence-electron chi connectivity index (χ4n) is 0. The van der Waals surface area contributed by atoms with Crippen LogP contribution in [0.25, 0.3) is 0 Å². The summed E-state index contributed by atoms with van der Waals surface area (Å²) in [7, 11) is 0. The quantitative estimate of drug-likeness (QED) is 0.395. The van der Waals surface area contributed by atoms with Crippen molar-refractivity contribution in [2.75, 3.05) is 0 Å². The topological polar surface area (TPSA) is 0 Å². The van der Waals surface area contributed by atoms with E-state index in [0.29, 0.717) is 0 Å². The van der Waals surface area contributed by atoms with Crippen LogP contribution in [-0.2, 0) is 0 Å². The van der Waals surface area contributed by atoms with Gasteiger partial charge in [-0.25, -0.2) is 0 Å². The van der Waals surface area contributed by atoms with Gasteiger partial charge in [-0.3, -0.25) is 0 Å². The fourth-order valence-corrected chi connectivity index (χ4v) is 0. The smallest absolute Gasteiger partial charge is 0.0445 e. The second-order valence-corrected chi connectivity index (χ2v) is 6.04. The standard InChI is InChI=1S/5C4H8/c5*1-4(2)3/h5*1H2,2-3H3. The van der Waals surface area contributed by atoms with Crippen LogP contribution in [0.1, 0.15) is 69.2 Å². The van der Waals surface area contributed by atoms with Crippen molar-refractivity contribution in [2.24, 2.45) is 0 Å². The number of hydrogen-bond acceptors (Lipinski definition) is 0. The average Bonchev–Trinajstić information content (AvgIpc) is 1.94. The van der Waals surface area contributed by atoms with Gasteiger partial charge in [0.1, 0.15) is 0 Å². The second-order valence-electron chi connectivity index (χ2n) is 6.04. The minimum atomic E-state index is 1.17. The molecule has 0 N–H and O–H groups in total. The van der Waals surface area contributed by atoms with Crippen molar-refractivity contribution in [1.29, 1.82) is 0 Å². The lowest BCUT2D eigenvalue weighted by Gasteiger charge is -1.65. The van der Waals surface area contributed by atoms with Gasteiger partial charge < -0.3 is 0 Å². The SMILES string of the molecule is C=C(C)C.C=C(C)C.C=C(C)C.C=C(C)C.C=C(C)C. The highest BCUT2D eigenvalue weighted by molar-refractivity contribution is 4.80. The maximum absolute atomic E-state index is 3.56. The zero-order valence-electron chi connectivity index (χ0n) is 16.0. The van der Waals surface area contributed by atoms with Gasteiger partial charge in [0, 0.05) is 0 Å². The zero-order chi connectivity index (χ0) is 17.9. The largest absolute Gasteiger partial charge is 0.100 e. The Balaban J connectivity index is -0.0000000469. The molecular weight excluding hydrogens is 240 g/mol. The van der Waals surface area contributed by atoms with E-state index in [9.17, 15) is 0 Å². The Hall–Kier alpha value is -1.30. The highest BCUT2D eigenvalue weighted by atomic mass is 13.6. The van der Waals surface area contributed by atoms with E-state index in [1.54, 1.807) is 0 Å². The molecule has 0 heteroatoms. The molecule has 0 heterocycles. The van der Waals surface area contributed by atoms with Gasteiger partial charge in [-0.05, 0) is 69.2 Å².